The van der Waals surface area contributed by atoms with Crippen LogP contribution in [0.2, 0.25) is 0 Å². The molecular weight excluding hydrogens is 393 g/mol. The molecule has 0 radical (unpaired) electrons. The molecule has 4 aromatic heterocycles. The summed E-state index contributed by atoms with van der Waals surface area (Å²) in [6.07, 6.45) is 7.90. The number of benzene rings is 1. The summed E-state index contributed by atoms with van der Waals surface area (Å²) in [6.45, 7) is 1.64. The Morgan fingerprint density at radius 3 is 2.58 bits per heavy atom. The second kappa shape index (κ2) is 7.70. The van der Waals surface area contributed by atoms with Gasteiger partial charge in [0.2, 0.25) is 0 Å². The molecule has 0 aliphatic heterocycles. The first-order valence-corrected chi connectivity index (χ1v) is 9.79. The highest BCUT2D eigenvalue weighted by Crippen LogP contribution is 2.33. The molecule has 152 valence electrons. The lowest BCUT2D eigenvalue weighted by molar-refractivity contribution is 0.111. The molecule has 1 aromatic carbocycles. The molecule has 5 rings (SSSR count). The monoisotopic (exact) mass is 411 g/mol. The summed E-state index contributed by atoms with van der Waals surface area (Å²) in [5.74, 6) is -0.339. The number of aliphatic hydroxyl groups excluding tert-OH is 1. The van der Waals surface area contributed by atoms with E-state index in [1.807, 2.05) is 24.3 Å². The van der Waals surface area contributed by atoms with Crippen LogP contribution in [0.3, 0.4) is 0 Å². The van der Waals surface area contributed by atoms with Crippen LogP contribution < -0.4 is 0 Å². The number of hydrogen-bond donors (Lipinski definition) is 1. The molecule has 0 saturated carbocycles. The lowest BCUT2D eigenvalue weighted by atomic mass is 9.99. The maximum Gasteiger partial charge on any atom is 0.160 e. The Morgan fingerprint density at radius 1 is 0.935 bits per heavy atom. The summed E-state index contributed by atoms with van der Waals surface area (Å²) in [6, 6.07) is 14.2. The van der Waals surface area contributed by atoms with Crippen molar-refractivity contribution >= 4 is 11.0 Å². The van der Waals surface area contributed by atoms with Gasteiger partial charge in [0, 0.05) is 52.4 Å². The van der Waals surface area contributed by atoms with Gasteiger partial charge in [-0.15, -0.1) is 0 Å². The number of hydrogen-bond acceptors (Lipinski definition) is 5. The van der Waals surface area contributed by atoms with Crippen LogP contribution in [-0.2, 0) is 0 Å². The van der Waals surface area contributed by atoms with Crippen molar-refractivity contribution in [2.24, 2.45) is 0 Å². The molecule has 0 saturated heterocycles. The van der Waals surface area contributed by atoms with Crippen LogP contribution in [0.1, 0.15) is 13.2 Å². The normalized spacial score (nSPS) is 12.2. The zero-order valence-electron chi connectivity index (χ0n) is 16.6. The molecule has 1 atom stereocenters. The van der Waals surface area contributed by atoms with Gasteiger partial charge in [0.15, 0.2) is 5.65 Å². The van der Waals surface area contributed by atoms with Crippen LogP contribution in [0.5, 0.6) is 0 Å². The lowest BCUT2D eigenvalue weighted by Gasteiger charge is -2.11. The van der Waals surface area contributed by atoms with Gasteiger partial charge in [-0.3, -0.25) is 4.98 Å². The third-order valence-corrected chi connectivity index (χ3v) is 5.10. The summed E-state index contributed by atoms with van der Waals surface area (Å²) in [4.78, 5) is 13.4. The third-order valence-electron chi connectivity index (χ3n) is 5.10. The molecule has 0 aliphatic rings. The fourth-order valence-electron chi connectivity index (χ4n) is 3.54. The Morgan fingerprint density at radius 2 is 1.77 bits per heavy atom. The number of nitrogens with zero attached hydrogens (tertiary/aromatic N) is 5. The highest BCUT2D eigenvalue weighted by molar-refractivity contribution is 5.95. The summed E-state index contributed by atoms with van der Waals surface area (Å²) >= 11 is 0. The maximum atomic E-state index is 14.5. The minimum atomic E-state index is -0.719. The van der Waals surface area contributed by atoms with E-state index in [0.717, 1.165) is 27.6 Å². The largest absolute Gasteiger partial charge is 0.372 e. The average molecular weight is 411 g/mol. The number of fused-ring (bicyclic) bond motifs is 1. The van der Waals surface area contributed by atoms with Crippen molar-refractivity contribution in [3.05, 3.63) is 85.3 Å². The van der Waals surface area contributed by atoms with Gasteiger partial charge in [-0.1, -0.05) is 12.1 Å². The predicted octanol–water partition coefficient (Wildman–Crippen LogP) is 4.87. The first-order chi connectivity index (χ1) is 15.1. The molecule has 1 unspecified atom stereocenters. The van der Waals surface area contributed by atoms with Crippen LogP contribution >= 0.6 is 0 Å². The smallest absolute Gasteiger partial charge is 0.160 e. The van der Waals surface area contributed by atoms with Crippen molar-refractivity contribution in [1.82, 2.24) is 24.7 Å². The summed E-state index contributed by atoms with van der Waals surface area (Å²) in [7, 11) is 0. The molecule has 5 aromatic rings. The van der Waals surface area contributed by atoms with Crippen molar-refractivity contribution in [2.45, 2.75) is 13.2 Å². The zero-order valence-corrected chi connectivity index (χ0v) is 16.6. The Kier molecular flexibility index (Phi) is 4.72. The van der Waals surface area contributed by atoms with Crippen LogP contribution in [0.25, 0.3) is 44.5 Å². The molecule has 1 N–H and O–H groups in total. The molecule has 0 aliphatic carbocycles. The molecule has 4 heterocycles. The molecular formula is C24H18FN5O. The van der Waals surface area contributed by atoms with Gasteiger partial charge >= 0.3 is 0 Å². The topological polar surface area (TPSA) is 76.7 Å². The van der Waals surface area contributed by atoms with E-state index in [2.05, 4.69) is 20.1 Å². The minimum absolute atomic E-state index is 0.339. The van der Waals surface area contributed by atoms with Crippen LogP contribution in [-0.4, -0.2) is 29.8 Å². The van der Waals surface area contributed by atoms with Crippen molar-refractivity contribution in [3.63, 3.8) is 0 Å². The fourth-order valence-corrected chi connectivity index (χ4v) is 3.54. The number of aliphatic hydroxyl groups is 1. The Labute approximate surface area is 177 Å². The van der Waals surface area contributed by atoms with Gasteiger partial charge in [0.25, 0.3) is 0 Å². The Hall–Kier alpha value is -3.97. The van der Waals surface area contributed by atoms with E-state index < -0.39 is 6.23 Å². The SMILES string of the molecule is CC(O)n1cc(-c2cncc(-c3cc(-c4ccccc4F)nc4ncccc34)c2)cn1. The van der Waals surface area contributed by atoms with Crippen molar-refractivity contribution in [2.75, 3.05) is 0 Å². The molecule has 7 heteroatoms. The van der Waals surface area contributed by atoms with Gasteiger partial charge < -0.3 is 5.11 Å². The predicted molar refractivity (Wildman–Crippen MR) is 116 cm³/mol. The van der Waals surface area contributed by atoms with Gasteiger partial charge in [-0.2, -0.15) is 5.10 Å². The van der Waals surface area contributed by atoms with Gasteiger partial charge in [-0.05, 0) is 48.9 Å². The Bertz CT molecular complexity index is 1400. The summed E-state index contributed by atoms with van der Waals surface area (Å²) in [5.41, 5.74) is 4.84. The standard InChI is InChI=1S/C24H18FN5O/c1-15(31)30-14-18(13-28-30)16-9-17(12-26-11-16)21-10-23(20-5-2-3-7-22(20)25)29-24-19(21)6-4-8-27-24/h2-15,31H,1H3. The minimum Gasteiger partial charge on any atom is -0.372 e. The van der Waals surface area contributed by atoms with Crippen LogP contribution in [0.4, 0.5) is 4.39 Å². The molecule has 0 bridgehead atoms. The van der Waals surface area contributed by atoms with Gasteiger partial charge in [0.05, 0.1) is 11.9 Å². The van der Waals surface area contributed by atoms with Crippen LogP contribution in [0.15, 0.2) is 79.5 Å². The molecule has 0 amide bonds. The highest BCUT2D eigenvalue weighted by Gasteiger charge is 2.14. The molecule has 0 spiro atoms. The highest BCUT2D eigenvalue weighted by atomic mass is 19.1. The number of pyridine rings is 3. The van der Waals surface area contributed by atoms with E-state index >= 15 is 0 Å². The zero-order chi connectivity index (χ0) is 21.4. The van der Waals surface area contributed by atoms with Gasteiger partial charge in [0.1, 0.15) is 12.0 Å². The maximum absolute atomic E-state index is 14.5. The summed E-state index contributed by atoms with van der Waals surface area (Å²) < 4.78 is 15.9. The van der Waals surface area contributed by atoms with E-state index in [4.69, 9.17) is 0 Å². The molecule has 31 heavy (non-hydrogen) atoms. The third kappa shape index (κ3) is 3.55. The number of halogens is 1. The molecule has 0 fully saturated rings. The van der Waals surface area contributed by atoms with E-state index in [1.54, 1.807) is 56.1 Å². The van der Waals surface area contributed by atoms with Crippen molar-refractivity contribution in [1.29, 1.82) is 0 Å². The summed E-state index contributed by atoms with van der Waals surface area (Å²) in [5, 5.41) is 14.8. The number of rotatable bonds is 4. The van der Waals surface area contributed by atoms with Gasteiger partial charge in [-0.25, -0.2) is 19.0 Å². The second-order valence-electron chi connectivity index (χ2n) is 7.21. The van der Waals surface area contributed by atoms with Crippen molar-refractivity contribution < 1.29 is 9.50 Å². The van der Waals surface area contributed by atoms with Crippen molar-refractivity contribution in [3.8, 4) is 33.5 Å². The number of aromatic nitrogens is 5. The second-order valence-corrected chi connectivity index (χ2v) is 7.21. The quantitative estimate of drug-likeness (QED) is 0.456. The first-order valence-electron chi connectivity index (χ1n) is 9.79. The van der Waals surface area contributed by atoms with E-state index in [0.29, 0.717) is 16.9 Å². The Balaban J connectivity index is 1.69. The molecule has 6 nitrogen and oxygen atoms in total. The first kappa shape index (κ1) is 19.0. The van der Waals surface area contributed by atoms with E-state index in [1.165, 1.54) is 10.7 Å². The average Bonchev–Trinajstić information content (AvgIpc) is 3.30. The van der Waals surface area contributed by atoms with E-state index in [-0.39, 0.29) is 5.82 Å². The fraction of sp³-hybridized carbons (Fsp3) is 0.0833. The lowest BCUT2D eigenvalue weighted by Crippen LogP contribution is -2.02. The van der Waals surface area contributed by atoms with Crippen LogP contribution in [0, 0.1) is 5.82 Å². The van der Waals surface area contributed by atoms with E-state index in [9.17, 15) is 9.50 Å².